The third kappa shape index (κ3) is 5.93. The quantitative estimate of drug-likeness (QED) is 0.202. The summed E-state index contributed by atoms with van der Waals surface area (Å²) in [7, 11) is -3.91. The maximum Gasteiger partial charge on any atom is 0.308 e. The molecular formula is C31H28ClN3O4S2. The molecule has 0 aliphatic carbocycles. The maximum absolute atomic E-state index is 13.7. The van der Waals surface area contributed by atoms with Crippen molar-refractivity contribution in [2.75, 3.05) is 9.62 Å². The van der Waals surface area contributed by atoms with Gasteiger partial charge in [-0.3, -0.25) is 18.5 Å². The van der Waals surface area contributed by atoms with Crippen LogP contribution in [0.2, 0.25) is 5.02 Å². The largest absolute Gasteiger partial charge is 0.322 e. The van der Waals surface area contributed by atoms with Gasteiger partial charge in [0.1, 0.15) is 0 Å². The lowest BCUT2D eigenvalue weighted by molar-refractivity contribution is 0.102. The van der Waals surface area contributed by atoms with E-state index in [9.17, 15) is 18.0 Å². The van der Waals surface area contributed by atoms with E-state index in [2.05, 4.69) is 5.32 Å². The van der Waals surface area contributed by atoms with Gasteiger partial charge < -0.3 is 5.32 Å². The maximum atomic E-state index is 13.7. The molecule has 1 N–H and O–H groups in total. The van der Waals surface area contributed by atoms with Gasteiger partial charge in [-0.15, -0.1) is 0 Å². The van der Waals surface area contributed by atoms with E-state index in [4.69, 9.17) is 11.6 Å². The first-order chi connectivity index (χ1) is 19.5. The summed E-state index contributed by atoms with van der Waals surface area (Å²) < 4.78 is 31.3. The van der Waals surface area contributed by atoms with E-state index in [1.54, 1.807) is 89.5 Å². The number of thiazole rings is 1. The minimum absolute atomic E-state index is 0.0367. The SMILES string of the molecule is Cc1ccc(Cl)cc1N(Cc1ccc(C(=O)Nc2ccc3c(c2)sc(=O)n3C(C)C)cc1)S(=O)(=O)c1ccccc1. The van der Waals surface area contributed by atoms with Gasteiger partial charge in [0, 0.05) is 22.3 Å². The zero-order valence-corrected chi connectivity index (χ0v) is 25.1. The van der Waals surface area contributed by atoms with Crippen LogP contribution in [0.4, 0.5) is 11.4 Å². The Morgan fingerprint density at radius 3 is 2.37 bits per heavy atom. The van der Waals surface area contributed by atoms with Gasteiger partial charge in [-0.05, 0) is 86.5 Å². The number of fused-ring (bicyclic) bond motifs is 1. The molecule has 1 amide bonds. The Hall–Kier alpha value is -3.92. The smallest absolute Gasteiger partial charge is 0.308 e. The molecule has 1 heterocycles. The Bertz CT molecular complexity index is 1900. The molecule has 0 unspecified atom stereocenters. The van der Waals surface area contributed by atoms with Crippen molar-refractivity contribution in [2.24, 2.45) is 0 Å². The highest BCUT2D eigenvalue weighted by Gasteiger charge is 2.26. The molecule has 7 nitrogen and oxygen atoms in total. The second-order valence-electron chi connectivity index (χ2n) is 9.92. The van der Waals surface area contributed by atoms with Crippen molar-refractivity contribution in [3.8, 4) is 0 Å². The number of aromatic nitrogens is 1. The first-order valence-corrected chi connectivity index (χ1v) is 15.6. The van der Waals surface area contributed by atoms with E-state index in [1.165, 1.54) is 4.31 Å². The Kier molecular flexibility index (Phi) is 8.04. The summed E-state index contributed by atoms with van der Waals surface area (Å²) in [5, 5.41) is 3.32. The molecule has 1 aromatic heterocycles. The Morgan fingerprint density at radius 2 is 1.68 bits per heavy atom. The van der Waals surface area contributed by atoms with Gasteiger partial charge in [-0.1, -0.05) is 59.3 Å². The van der Waals surface area contributed by atoms with E-state index in [-0.39, 0.29) is 28.3 Å². The Balaban J connectivity index is 1.39. The van der Waals surface area contributed by atoms with Crippen molar-refractivity contribution in [3.63, 3.8) is 0 Å². The van der Waals surface area contributed by atoms with Gasteiger partial charge in [0.2, 0.25) is 0 Å². The van der Waals surface area contributed by atoms with Crippen LogP contribution in [0.3, 0.4) is 0 Å². The van der Waals surface area contributed by atoms with E-state index in [0.717, 1.165) is 27.1 Å². The first-order valence-electron chi connectivity index (χ1n) is 12.9. The fourth-order valence-corrected chi connectivity index (χ4v) is 7.35. The Labute approximate surface area is 247 Å². The Morgan fingerprint density at radius 1 is 0.976 bits per heavy atom. The summed E-state index contributed by atoms with van der Waals surface area (Å²) in [6.07, 6.45) is 0. The van der Waals surface area contributed by atoms with Crippen molar-refractivity contribution in [1.82, 2.24) is 4.57 Å². The molecule has 0 spiro atoms. The summed E-state index contributed by atoms with van der Waals surface area (Å²) in [6, 6.07) is 25.6. The number of rotatable bonds is 8. The average molecular weight is 606 g/mol. The minimum Gasteiger partial charge on any atom is -0.322 e. The van der Waals surface area contributed by atoms with Crippen molar-refractivity contribution in [2.45, 2.75) is 38.3 Å². The summed E-state index contributed by atoms with van der Waals surface area (Å²) in [6.45, 7) is 5.79. The van der Waals surface area contributed by atoms with Gasteiger partial charge in [-0.25, -0.2) is 8.42 Å². The van der Waals surface area contributed by atoms with Crippen molar-refractivity contribution < 1.29 is 13.2 Å². The first kappa shape index (κ1) is 28.6. The minimum atomic E-state index is -3.91. The number of hydrogen-bond acceptors (Lipinski definition) is 5. The molecule has 10 heteroatoms. The molecule has 0 aliphatic heterocycles. The second kappa shape index (κ2) is 11.5. The molecule has 0 aliphatic rings. The number of carbonyl (C=O) groups is 1. The van der Waals surface area contributed by atoms with E-state index in [0.29, 0.717) is 27.5 Å². The number of nitrogens with zero attached hydrogens (tertiary/aromatic N) is 2. The molecule has 5 aromatic rings. The lowest BCUT2D eigenvalue weighted by Gasteiger charge is -2.26. The predicted molar refractivity (Wildman–Crippen MR) is 167 cm³/mol. The summed E-state index contributed by atoms with van der Waals surface area (Å²) in [5.41, 5.74) is 3.77. The number of aryl methyl sites for hydroxylation is 1. The summed E-state index contributed by atoms with van der Waals surface area (Å²) in [5.74, 6) is -0.314. The number of amides is 1. The number of sulfonamides is 1. The molecule has 0 fully saturated rings. The monoisotopic (exact) mass is 605 g/mol. The van der Waals surface area contributed by atoms with Crippen molar-refractivity contribution in [3.05, 3.63) is 122 Å². The number of nitrogens with one attached hydrogen (secondary N) is 1. The molecule has 210 valence electrons. The molecule has 41 heavy (non-hydrogen) atoms. The lowest BCUT2D eigenvalue weighted by atomic mass is 10.1. The highest BCUT2D eigenvalue weighted by atomic mass is 35.5. The van der Waals surface area contributed by atoms with Crippen LogP contribution in [-0.2, 0) is 16.6 Å². The highest BCUT2D eigenvalue weighted by Crippen LogP contribution is 2.31. The summed E-state index contributed by atoms with van der Waals surface area (Å²) >= 11 is 7.40. The highest BCUT2D eigenvalue weighted by molar-refractivity contribution is 7.92. The fourth-order valence-electron chi connectivity index (χ4n) is 4.60. The van der Waals surface area contributed by atoms with Gasteiger partial charge in [-0.2, -0.15) is 0 Å². The third-order valence-electron chi connectivity index (χ3n) is 6.70. The average Bonchev–Trinajstić information content (AvgIpc) is 3.29. The lowest BCUT2D eigenvalue weighted by Crippen LogP contribution is -2.31. The molecule has 0 saturated heterocycles. The van der Waals surface area contributed by atoms with Crippen LogP contribution < -0.4 is 14.5 Å². The van der Waals surface area contributed by atoms with Crippen molar-refractivity contribution in [1.29, 1.82) is 0 Å². The topological polar surface area (TPSA) is 88.5 Å². The van der Waals surface area contributed by atoms with Crippen LogP contribution in [0.5, 0.6) is 0 Å². The van der Waals surface area contributed by atoms with Crippen LogP contribution in [0.25, 0.3) is 10.2 Å². The standard InChI is InChI=1S/C31H28ClN3O4S2/c1-20(2)35-27-16-15-25(18-29(27)40-31(35)37)33-30(36)23-12-10-22(11-13-23)19-34(28-17-24(32)14-9-21(28)3)41(38,39)26-7-5-4-6-8-26/h4-18,20H,19H2,1-3H3,(H,33,36). The van der Waals surface area contributed by atoms with E-state index in [1.807, 2.05) is 26.8 Å². The number of benzene rings is 4. The number of anilines is 2. The molecule has 0 saturated carbocycles. The number of hydrogen-bond donors (Lipinski definition) is 1. The predicted octanol–water partition coefficient (Wildman–Crippen LogP) is 7.25. The second-order valence-corrected chi connectivity index (χ2v) is 13.2. The molecule has 4 aromatic carbocycles. The van der Waals surface area contributed by atoms with Crippen molar-refractivity contribution >= 4 is 60.5 Å². The van der Waals surface area contributed by atoms with Gasteiger partial charge >= 0.3 is 4.87 Å². The molecule has 0 bridgehead atoms. The molecular weight excluding hydrogens is 578 g/mol. The molecule has 0 radical (unpaired) electrons. The van der Waals surface area contributed by atoms with Crippen LogP contribution >= 0.6 is 22.9 Å². The molecule has 0 atom stereocenters. The van der Waals surface area contributed by atoms with Crippen LogP contribution in [0.1, 0.15) is 41.4 Å². The number of halogens is 1. The third-order valence-corrected chi connectivity index (χ3v) is 9.63. The van der Waals surface area contributed by atoms with Crippen LogP contribution in [0, 0.1) is 6.92 Å². The fraction of sp³-hybridized carbons (Fsp3) is 0.161. The zero-order chi connectivity index (χ0) is 29.3. The normalized spacial score (nSPS) is 11.6. The molecule has 5 rings (SSSR count). The van der Waals surface area contributed by atoms with Gasteiger partial charge in [0.25, 0.3) is 15.9 Å². The van der Waals surface area contributed by atoms with Crippen LogP contribution in [0.15, 0.2) is 101 Å². The van der Waals surface area contributed by atoms with Gasteiger partial charge in [0.05, 0.1) is 27.3 Å². The zero-order valence-electron chi connectivity index (χ0n) is 22.7. The van der Waals surface area contributed by atoms with E-state index < -0.39 is 10.0 Å². The van der Waals surface area contributed by atoms with Gasteiger partial charge in [0.15, 0.2) is 0 Å². The van der Waals surface area contributed by atoms with E-state index >= 15 is 0 Å². The summed E-state index contributed by atoms with van der Waals surface area (Å²) in [4.78, 5) is 25.5. The number of carbonyl (C=O) groups excluding carboxylic acids is 1. The van der Waals surface area contributed by atoms with Crippen LogP contribution in [-0.4, -0.2) is 18.9 Å².